The molecule has 0 radical (unpaired) electrons. The van der Waals surface area contributed by atoms with Crippen molar-refractivity contribution in [3.05, 3.63) is 12.8 Å². The van der Waals surface area contributed by atoms with E-state index in [1.807, 2.05) is 6.20 Å². The summed E-state index contributed by atoms with van der Waals surface area (Å²) < 4.78 is 0. The standard InChI is InChI=1S/C10H19N/c1-3-11-9(2)10-7-5-4-6-8-10/h3,9-11H,1,4-8H2,2H3/t9-/m1/s1. The molecule has 1 saturated carbocycles. The van der Waals surface area contributed by atoms with Crippen LogP contribution in [-0.2, 0) is 0 Å². The summed E-state index contributed by atoms with van der Waals surface area (Å²) >= 11 is 0. The molecule has 0 saturated heterocycles. The second kappa shape index (κ2) is 4.42. The van der Waals surface area contributed by atoms with Gasteiger partial charge in [-0.2, -0.15) is 0 Å². The maximum atomic E-state index is 3.68. The minimum atomic E-state index is 0.632. The number of hydrogen-bond acceptors (Lipinski definition) is 1. The smallest absolute Gasteiger partial charge is 0.0255 e. The minimum absolute atomic E-state index is 0.632. The lowest BCUT2D eigenvalue weighted by Gasteiger charge is -2.27. The molecule has 11 heavy (non-hydrogen) atoms. The Labute approximate surface area is 69.9 Å². The third-order valence-electron chi connectivity index (χ3n) is 2.74. The summed E-state index contributed by atoms with van der Waals surface area (Å²) in [5.41, 5.74) is 0. The van der Waals surface area contributed by atoms with E-state index in [-0.39, 0.29) is 0 Å². The van der Waals surface area contributed by atoms with Crippen molar-refractivity contribution < 1.29 is 0 Å². The molecule has 0 unspecified atom stereocenters. The Morgan fingerprint density at radius 3 is 2.55 bits per heavy atom. The molecule has 1 heteroatoms. The SMILES string of the molecule is C=CN[C@H](C)C1CCCCC1. The first kappa shape index (κ1) is 8.63. The van der Waals surface area contributed by atoms with Gasteiger partial charge in [-0.15, -0.1) is 0 Å². The molecular weight excluding hydrogens is 134 g/mol. The molecule has 1 atom stereocenters. The molecule has 1 rings (SSSR count). The topological polar surface area (TPSA) is 12.0 Å². The van der Waals surface area contributed by atoms with Gasteiger partial charge >= 0.3 is 0 Å². The molecule has 0 aromatic rings. The summed E-state index contributed by atoms with van der Waals surface area (Å²) in [6.07, 6.45) is 8.92. The highest BCUT2D eigenvalue weighted by atomic mass is 14.9. The van der Waals surface area contributed by atoms with Gasteiger partial charge in [-0.3, -0.25) is 0 Å². The molecule has 64 valence electrons. The van der Waals surface area contributed by atoms with Gasteiger partial charge < -0.3 is 5.32 Å². The largest absolute Gasteiger partial charge is 0.389 e. The molecule has 0 aliphatic heterocycles. The molecular formula is C10H19N. The molecule has 0 spiro atoms. The molecule has 1 aliphatic carbocycles. The summed E-state index contributed by atoms with van der Waals surface area (Å²) in [6.45, 7) is 5.95. The lowest BCUT2D eigenvalue weighted by molar-refractivity contribution is 0.297. The Morgan fingerprint density at radius 2 is 2.00 bits per heavy atom. The van der Waals surface area contributed by atoms with Crippen molar-refractivity contribution in [2.75, 3.05) is 0 Å². The molecule has 0 amide bonds. The predicted octanol–water partition coefficient (Wildman–Crippen LogP) is 2.69. The third-order valence-corrected chi connectivity index (χ3v) is 2.74. The fourth-order valence-electron chi connectivity index (χ4n) is 1.96. The van der Waals surface area contributed by atoms with E-state index in [1.54, 1.807) is 0 Å². The zero-order chi connectivity index (χ0) is 8.10. The Bertz CT molecular complexity index is 114. The quantitative estimate of drug-likeness (QED) is 0.657. The summed E-state index contributed by atoms with van der Waals surface area (Å²) in [7, 11) is 0. The highest BCUT2D eigenvalue weighted by Crippen LogP contribution is 2.26. The molecule has 0 heterocycles. The molecule has 1 nitrogen and oxygen atoms in total. The van der Waals surface area contributed by atoms with E-state index in [2.05, 4.69) is 18.8 Å². The van der Waals surface area contributed by atoms with Gasteiger partial charge in [0.1, 0.15) is 0 Å². The van der Waals surface area contributed by atoms with Crippen molar-refractivity contribution in [1.82, 2.24) is 5.32 Å². The van der Waals surface area contributed by atoms with Crippen LogP contribution in [0.1, 0.15) is 39.0 Å². The van der Waals surface area contributed by atoms with Crippen LogP contribution in [0.3, 0.4) is 0 Å². The average molecular weight is 153 g/mol. The zero-order valence-corrected chi connectivity index (χ0v) is 7.47. The first-order valence-electron chi connectivity index (χ1n) is 4.71. The van der Waals surface area contributed by atoms with E-state index in [1.165, 1.54) is 32.1 Å². The summed E-state index contributed by atoms with van der Waals surface area (Å²) in [5, 5.41) is 3.28. The summed E-state index contributed by atoms with van der Waals surface area (Å²) in [6, 6.07) is 0.632. The van der Waals surface area contributed by atoms with E-state index < -0.39 is 0 Å². The van der Waals surface area contributed by atoms with E-state index >= 15 is 0 Å². The first-order valence-corrected chi connectivity index (χ1v) is 4.71. The highest BCUT2D eigenvalue weighted by Gasteiger charge is 2.18. The number of nitrogens with one attached hydrogen (secondary N) is 1. The molecule has 0 aromatic heterocycles. The normalized spacial score (nSPS) is 22.6. The van der Waals surface area contributed by atoms with Gasteiger partial charge in [-0.1, -0.05) is 25.8 Å². The van der Waals surface area contributed by atoms with Crippen LogP contribution < -0.4 is 5.32 Å². The van der Waals surface area contributed by atoms with Gasteiger partial charge in [0.05, 0.1) is 0 Å². The van der Waals surface area contributed by atoms with Crippen LogP contribution in [0.25, 0.3) is 0 Å². The molecule has 0 bridgehead atoms. The monoisotopic (exact) mass is 153 g/mol. The molecule has 1 aliphatic rings. The lowest BCUT2D eigenvalue weighted by Crippen LogP contribution is -2.30. The Kier molecular flexibility index (Phi) is 3.47. The van der Waals surface area contributed by atoms with E-state index in [0.717, 1.165) is 5.92 Å². The van der Waals surface area contributed by atoms with Crippen molar-refractivity contribution in [2.24, 2.45) is 5.92 Å². The van der Waals surface area contributed by atoms with Crippen LogP contribution in [0, 0.1) is 5.92 Å². The second-order valence-corrected chi connectivity index (χ2v) is 3.56. The highest BCUT2D eigenvalue weighted by molar-refractivity contribution is 4.79. The number of rotatable bonds is 3. The maximum Gasteiger partial charge on any atom is 0.0255 e. The number of hydrogen-bond donors (Lipinski definition) is 1. The Morgan fingerprint density at radius 1 is 1.36 bits per heavy atom. The lowest BCUT2D eigenvalue weighted by atomic mass is 9.85. The van der Waals surface area contributed by atoms with Crippen LogP contribution in [-0.4, -0.2) is 6.04 Å². The van der Waals surface area contributed by atoms with Crippen LogP contribution in [0.2, 0.25) is 0 Å². The Balaban J connectivity index is 2.26. The van der Waals surface area contributed by atoms with Crippen LogP contribution in [0.5, 0.6) is 0 Å². The van der Waals surface area contributed by atoms with Crippen molar-refractivity contribution in [3.8, 4) is 0 Å². The fourth-order valence-corrected chi connectivity index (χ4v) is 1.96. The Hall–Kier alpha value is -0.460. The van der Waals surface area contributed by atoms with Crippen LogP contribution in [0.4, 0.5) is 0 Å². The van der Waals surface area contributed by atoms with Crippen LogP contribution >= 0.6 is 0 Å². The van der Waals surface area contributed by atoms with E-state index in [9.17, 15) is 0 Å². The minimum Gasteiger partial charge on any atom is -0.389 e. The summed E-state index contributed by atoms with van der Waals surface area (Å²) in [5.74, 6) is 0.891. The first-order chi connectivity index (χ1) is 5.34. The van der Waals surface area contributed by atoms with Gasteiger partial charge in [0, 0.05) is 6.04 Å². The van der Waals surface area contributed by atoms with Crippen LogP contribution in [0.15, 0.2) is 12.8 Å². The van der Waals surface area contributed by atoms with Gasteiger partial charge in [-0.05, 0) is 31.9 Å². The molecule has 1 N–H and O–H groups in total. The maximum absolute atomic E-state index is 3.68. The average Bonchev–Trinajstić information content (AvgIpc) is 2.07. The molecule has 0 aromatic carbocycles. The van der Waals surface area contributed by atoms with E-state index in [0.29, 0.717) is 6.04 Å². The zero-order valence-electron chi connectivity index (χ0n) is 7.47. The summed E-state index contributed by atoms with van der Waals surface area (Å²) in [4.78, 5) is 0. The van der Waals surface area contributed by atoms with Gasteiger partial charge in [0.15, 0.2) is 0 Å². The van der Waals surface area contributed by atoms with Gasteiger partial charge in [0.25, 0.3) is 0 Å². The third kappa shape index (κ3) is 2.57. The molecule has 1 fully saturated rings. The fraction of sp³-hybridized carbons (Fsp3) is 0.800. The van der Waals surface area contributed by atoms with Gasteiger partial charge in [0.2, 0.25) is 0 Å². The van der Waals surface area contributed by atoms with Gasteiger partial charge in [-0.25, -0.2) is 0 Å². The van der Waals surface area contributed by atoms with E-state index in [4.69, 9.17) is 0 Å². The van der Waals surface area contributed by atoms with Crippen molar-refractivity contribution in [3.63, 3.8) is 0 Å². The van der Waals surface area contributed by atoms with Crippen molar-refractivity contribution in [2.45, 2.75) is 45.1 Å². The van der Waals surface area contributed by atoms with Crippen molar-refractivity contribution in [1.29, 1.82) is 0 Å². The predicted molar refractivity (Wildman–Crippen MR) is 49.4 cm³/mol. The van der Waals surface area contributed by atoms with Crippen molar-refractivity contribution >= 4 is 0 Å². The second-order valence-electron chi connectivity index (χ2n) is 3.56.